The Kier molecular flexibility index (Phi) is 3.78. The van der Waals surface area contributed by atoms with Gasteiger partial charge >= 0.3 is 5.97 Å². The van der Waals surface area contributed by atoms with Crippen LogP contribution in [0.1, 0.15) is 18.4 Å². The van der Waals surface area contributed by atoms with E-state index in [1.807, 2.05) is 24.3 Å². The molecule has 0 saturated heterocycles. The molecule has 0 amide bonds. The Morgan fingerprint density at radius 1 is 1.53 bits per heavy atom. The quantitative estimate of drug-likeness (QED) is 0.929. The Labute approximate surface area is 107 Å². The van der Waals surface area contributed by atoms with Gasteiger partial charge in [-0.1, -0.05) is 12.1 Å². The fourth-order valence-corrected chi connectivity index (χ4v) is 2.09. The van der Waals surface area contributed by atoms with E-state index in [4.69, 9.17) is 9.84 Å². The monoisotopic (exact) mass is 297 g/mol. The molecule has 0 aliphatic carbocycles. The molecule has 1 atom stereocenters. The lowest BCUT2D eigenvalue weighted by Crippen LogP contribution is -2.08. The third kappa shape index (κ3) is 3.06. The van der Waals surface area contributed by atoms with Crippen molar-refractivity contribution in [1.29, 1.82) is 0 Å². The average molecular weight is 298 g/mol. The van der Waals surface area contributed by atoms with Gasteiger partial charge in [0.2, 0.25) is 5.90 Å². The third-order valence-corrected chi connectivity index (χ3v) is 3.20. The van der Waals surface area contributed by atoms with Gasteiger partial charge in [-0.2, -0.15) is 0 Å². The average Bonchev–Trinajstić information content (AvgIpc) is 2.75. The van der Waals surface area contributed by atoms with E-state index in [9.17, 15) is 4.79 Å². The van der Waals surface area contributed by atoms with Crippen LogP contribution >= 0.6 is 15.9 Å². The van der Waals surface area contributed by atoms with E-state index >= 15 is 0 Å². The van der Waals surface area contributed by atoms with Crippen molar-refractivity contribution in [2.75, 3.05) is 6.61 Å². The summed E-state index contributed by atoms with van der Waals surface area (Å²) in [6.45, 7) is 0.462. The second-order valence-corrected chi connectivity index (χ2v) is 4.67. The molecule has 17 heavy (non-hydrogen) atoms. The molecule has 0 saturated carbocycles. The summed E-state index contributed by atoms with van der Waals surface area (Å²) in [5, 5.41) is 8.60. The maximum absolute atomic E-state index is 10.5. The van der Waals surface area contributed by atoms with Crippen molar-refractivity contribution in [1.82, 2.24) is 0 Å². The van der Waals surface area contributed by atoms with Crippen molar-refractivity contribution < 1.29 is 14.6 Å². The van der Waals surface area contributed by atoms with Crippen LogP contribution in [0.2, 0.25) is 0 Å². The molecule has 2 rings (SSSR count). The van der Waals surface area contributed by atoms with Crippen LogP contribution in [0, 0.1) is 0 Å². The highest BCUT2D eigenvalue weighted by atomic mass is 79.9. The van der Waals surface area contributed by atoms with Gasteiger partial charge in [0.15, 0.2) is 0 Å². The minimum atomic E-state index is -0.797. The van der Waals surface area contributed by atoms with E-state index in [1.165, 1.54) is 0 Å². The molecule has 90 valence electrons. The number of benzene rings is 1. The Hall–Kier alpha value is -1.36. The largest absolute Gasteiger partial charge is 0.481 e. The molecule has 0 bridgehead atoms. The maximum atomic E-state index is 10.5. The van der Waals surface area contributed by atoms with E-state index < -0.39 is 5.97 Å². The highest BCUT2D eigenvalue weighted by Crippen LogP contribution is 2.21. The summed E-state index contributed by atoms with van der Waals surface area (Å²) in [5.74, 6) is -0.206. The van der Waals surface area contributed by atoms with Crippen LogP contribution in [-0.2, 0) is 9.53 Å². The van der Waals surface area contributed by atoms with Crippen molar-refractivity contribution in [3.63, 3.8) is 0 Å². The number of carboxylic acids is 1. The number of rotatable bonds is 4. The number of ether oxygens (including phenoxy) is 1. The Morgan fingerprint density at radius 2 is 2.29 bits per heavy atom. The second kappa shape index (κ2) is 5.31. The van der Waals surface area contributed by atoms with Crippen molar-refractivity contribution in [3.8, 4) is 0 Å². The molecule has 0 aromatic heterocycles. The number of halogens is 1. The number of carbonyl (C=O) groups is 1. The molecule has 0 spiro atoms. The van der Waals surface area contributed by atoms with Crippen molar-refractivity contribution >= 4 is 27.8 Å². The zero-order valence-electron chi connectivity index (χ0n) is 9.10. The number of hydrogen-bond donors (Lipinski definition) is 1. The summed E-state index contributed by atoms with van der Waals surface area (Å²) in [7, 11) is 0. The Bertz CT molecular complexity index is 459. The van der Waals surface area contributed by atoms with Gasteiger partial charge in [-0.05, 0) is 34.5 Å². The van der Waals surface area contributed by atoms with Gasteiger partial charge in [-0.15, -0.1) is 0 Å². The first-order chi connectivity index (χ1) is 8.16. The first kappa shape index (κ1) is 12.1. The lowest BCUT2D eigenvalue weighted by Gasteiger charge is -2.02. The fraction of sp³-hybridized carbons (Fsp3) is 0.333. The third-order valence-electron chi connectivity index (χ3n) is 2.51. The SMILES string of the molecule is O=C(O)CCC1COC(c2ccccc2Br)=N1. The molecule has 1 unspecified atom stereocenters. The van der Waals surface area contributed by atoms with Crippen LogP contribution in [0.15, 0.2) is 33.7 Å². The molecule has 1 aliphatic rings. The number of aliphatic carboxylic acids is 1. The zero-order valence-corrected chi connectivity index (χ0v) is 10.7. The van der Waals surface area contributed by atoms with Gasteiger partial charge in [-0.3, -0.25) is 4.79 Å². The van der Waals surface area contributed by atoms with Gasteiger partial charge in [0.25, 0.3) is 0 Å². The lowest BCUT2D eigenvalue weighted by molar-refractivity contribution is -0.137. The molecule has 1 N–H and O–H groups in total. The lowest BCUT2D eigenvalue weighted by atomic mass is 10.2. The number of nitrogens with zero attached hydrogens (tertiary/aromatic N) is 1. The van der Waals surface area contributed by atoms with Crippen LogP contribution in [0.25, 0.3) is 0 Å². The molecule has 5 heteroatoms. The number of hydrogen-bond acceptors (Lipinski definition) is 3. The van der Waals surface area contributed by atoms with Crippen LogP contribution in [0.4, 0.5) is 0 Å². The second-order valence-electron chi connectivity index (χ2n) is 3.81. The topological polar surface area (TPSA) is 58.9 Å². The summed E-state index contributed by atoms with van der Waals surface area (Å²) < 4.78 is 6.42. The highest BCUT2D eigenvalue weighted by molar-refractivity contribution is 9.10. The van der Waals surface area contributed by atoms with E-state index in [0.29, 0.717) is 18.9 Å². The van der Waals surface area contributed by atoms with Crippen LogP contribution in [0.3, 0.4) is 0 Å². The molecular weight excluding hydrogens is 286 g/mol. The minimum Gasteiger partial charge on any atom is -0.481 e. The molecule has 0 radical (unpaired) electrons. The van der Waals surface area contributed by atoms with Gasteiger partial charge in [0, 0.05) is 10.9 Å². The van der Waals surface area contributed by atoms with E-state index in [2.05, 4.69) is 20.9 Å². The van der Waals surface area contributed by atoms with Crippen LogP contribution in [0.5, 0.6) is 0 Å². The molecular formula is C12H12BrNO3. The molecule has 0 fully saturated rings. The summed E-state index contributed by atoms with van der Waals surface area (Å²) in [4.78, 5) is 14.9. The molecule has 1 aromatic rings. The Balaban J connectivity index is 2.06. The van der Waals surface area contributed by atoms with Gasteiger partial charge in [-0.25, -0.2) is 4.99 Å². The smallest absolute Gasteiger partial charge is 0.303 e. The van der Waals surface area contributed by atoms with E-state index in [-0.39, 0.29) is 12.5 Å². The number of aliphatic imine (C=N–C) groups is 1. The van der Waals surface area contributed by atoms with Gasteiger partial charge < -0.3 is 9.84 Å². The summed E-state index contributed by atoms with van der Waals surface area (Å²) in [6.07, 6.45) is 0.643. The standard InChI is InChI=1S/C12H12BrNO3/c13-10-4-2-1-3-9(10)12-14-8(7-17-12)5-6-11(15)16/h1-4,8H,5-7H2,(H,15,16). The van der Waals surface area contributed by atoms with Gasteiger partial charge in [0.1, 0.15) is 6.61 Å². The van der Waals surface area contributed by atoms with Crippen molar-refractivity contribution in [2.45, 2.75) is 18.9 Å². The normalized spacial score (nSPS) is 18.6. The zero-order chi connectivity index (χ0) is 12.3. The molecule has 1 aliphatic heterocycles. The minimum absolute atomic E-state index is 0.0480. The van der Waals surface area contributed by atoms with Gasteiger partial charge in [0.05, 0.1) is 11.6 Å². The summed E-state index contributed by atoms with van der Waals surface area (Å²) >= 11 is 3.43. The van der Waals surface area contributed by atoms with Crippen LogP contribution < -0.4 is 0 Å². The molecule has 1 heterocycles. The fourth-order valence-electron chi connectivity index (χ4n) is 1.64. The number of carboxylic acid groups (broad SMARTS) is 1. The first-order valence-corrected chi connectivity index (χ1v) is 6.13. The predicted octanol–water partition coefficient (Wildman–Crippen LogP) is 2.46. The summed E-state index contributed by atoms with van der Waals surface area (Å²) in [5.41, 5.74) is 0.908. The van der Waals surface area contributed by atoms with E-state index in [0.717, 1.165) is 10.0 Å². The molecule has 4 nitrogen and oxygen atoms in total. The first-order valence-electron chi connectivity index (χ1n) is 5.34. The predicted molar refractivity (Wildman–Crippen MR) is 67.3 cm³/mol. The van der Waals surface area contributed by atoms with Crippen LogP contribution in [-0.4, -0.2) is 29.6 Å². The van der Waals surface area contributed by atoms with Crippen molar-refractivity contribution in [3.05, 3.63) is 34.3 Å². The maximum Gasteiger partial charge on any atom is 0.303 e. The summed E-state index contributed by atoms with van der Waals surface area (Å²) in [6, 6.07) is 7.63. The van der Waals surface area contributed by atoms with Crippen molar-refractivity contribution in [2.24, 2.45) is 4.99 Å². The highest BCUT2D eigenvalue weighted by Gasteiger charge is 2.21. The molecule has 1 aromatic carbocycles. The Morgan fingerprint density at radius 3 is 3.00 bits per heavy atom. The van der Waals surface area contributed by atoms with E-state index in [1.54, 1.807) is 0 Å².